The second kappa shape index (κ2) is 8.42. The minimum atomic E-state index is -0.677. The molecule has 1 rings (SSSR count). The molecule has 2 amide bonds. The number of carbonyl (C=O) groups is 2. The van der Waals surface area contributed by atoms with Gasteiger partial charge < -0.3 is 15.7 Å². The van der Waals surface area contributed by atoms with E-state index in [9.17, 15) is 9.59 Å². The number of aliphatic hydroxyl groups is 1. The first-order chi connectivity index (χ1) is 9.93. The largest absolute Gasteiger partial charge is 0.396 e. The van der Waals surface area contributed by atoms with Crippen molar-refractivity contribution in [2.24, 2.45) is 5.92 Å². The molecule has 0 radical (unpaired) electrons. The molecule has 0 heterocycles. The lowest BCUT2D eigenvalue weighted by atomic mass is 10.0. The smallest absolute Gasteiger partial charge is 0.313 e. The van der Waals surface area contributed by atoms with Gasteiger partial charge in [0.1, 0.15) is 0 Å². The Morgan fingerprint density at radius 3 is 2.24 bits per heavy atom. The Morgan fingerprint density at radius 1 is 1.10 bits per heavy atom. The van der Waals surface area contributed by atoms with Crippen LogP contribution in [-0.4, -0.2) is 30.1 Å². The second-order valence-electron chi connectivity index (χ2n) is 5.56. The van der Waals surface area contributed by atoms with Gasteiger partial charge in [-0.2, -0.15) is 0 Å². The summed E-state index contributed by atoms with van der Waals surface area (Å²) in [5, 5.41) is 13.9. The zero-order valence-electron chi connectivity index (χ0n) is 12.8. The van der Waals surface area contributed by atoms with Crippen LogP contribution in [-0.2, 0) is 9.59 Å². The molecule has 5 heteroatoms. The minimum absolute atomic E-state index is 0.0748. The van der Waals surface area contributed by atoms with E-state index in [1.54, 1.807) is 12.1 Å². The summed E-state index contributed by atoms with van der Waals surface area (Å²) in [6, 6.07) is 7.44. The standard InChI is InChI=1S/C16H24N2O3/c1-11(2)13-4-6-14(7-5-13)18-16(21)15(20)17-10-12(3)8-9-19/h4-7,11-12,19H,8-10H2,1-3H3,(H,17,20)(H,18,21). The molecule has 1 aromatic rings. The predicted octanol–water partition coefficient (Wildman–Crippen LogP) is 1.88. The lowest BCUT2D eigenvalue weighted by Crippen LogP contribution is -2.37. The highest BCUT2D eigenvalue weighted by molar-refractivity contribution is 6.39. The average Bonchev–Trinajstić information content (AvgIpc) is 2.45. The summed E-state index contributed by atoms with van der Waals surface area (Å²) < 4.78 is 0. The van der Waals surface area contributed by atoms with E-state index in [-0.39, 0.29) is 12.5 Å². The van der Waals surface area contributed by atoms with Gasteiger partial charge in [-0.15, -0.1) is 0 Å². The highest BCUT2D eigenvalue weighted by Gasteiger charge is 2.14. The van der Waals surface area contributed by atoms with E-state index < -0.39 is 11.8 Å². The van der Waals surface area contributed by atoms with E-state index >= 15 is 0 Å². The van der Waals surface area contributed by atoms with Gasteiger partial charge in [0, 0.05) is 18.8 Å². The number of nitrogens with one attached hydrogen (secondary N) is 2. The lowest BCUT2D eigenvalue weighted by molar-refractivity contribution is -0.136. The Hall–Kier alpha value is -1.88. The minimum Gasteiger partial charge on any atom is -0.396 e. The van der Waals surface area contributed by atoms with Crippen LogP contribution in [0.4, 0.5) is 5.69 Å². The van der Waals surface area contributed by atoms with E-state index in [1.807, 2.05) is 19.1 Å². The van der Waals surface area contributed by atoms with Crippen molar-refractivity contribution < 1.29 is 14.7 Å². The topological polar surface area (TPSA) is 78.4 Å². The molecule has 0 aliphatic carbocycles. The van der Waals surface area contributed by atoms with Crippen LogP contribution in [0.2, 0.25) is 0 Å². The summed E-state index contributed by atoms with van der Waals surface area (Å²) in [5.41, 5.74) is 1.78. The van der Waals surface area contributed by atoms with Gasteiger partial charge in [0.05, 0.1) is 0 Å². The molecule has 1 aromatic carbocycles. The summed E-state index contributed by atoms with van der Waals surface area (Å²) in [6.07, 6.45) is 0.596. The summed E-state index contributed by atoms with van der Waals surface area (Å²) in [7, 11) is 0. The van der Waals surface area contributed by atoms with Gasteiger partial charge in [0.25, 0.3) is 0 Å². The number of aliphatic hydroxyl groups excluding tert-OH is 1. The van der Waals surface area contributed by atoms with E-state index in [0.29, 0.717) is 24.6 Å². The third-order valence-corrected chi connectivity index (χ3v) is 3.27. The number of benzene rings is 1. The van der Waals surface area contributed by atoms with Crippen molar-refractivity contribution in [1.82, 2.24) is 5.32 Å². The Balaban J connectivity index is 2.46. The van der Waals surface area contributed by atoms with Gasteiger partial charge in [0.2, 0.25) is 0 Å². The maximum atomic E-state index is 11.7. The van der Waals surface area contributed by atoms with E-state index in [1.165, 1.54) is 5.56 Å². The molecule has 116 valence electrons. The average molecular weight is 292 g/mol. The van der Waals surface area contributed by atoms with Crippen LogP contribution in [0.5, 0.6) is 0 Å². The van der Waals surface area contributed by atoms with Crippen LogP contribution in [0.15, 0.2) is 24.3 Å². The van der Waals surface area contributed by atoms with Gasteiger partial charge in [-0.1, -0.05) is 32.9 Å². The fourth-order valence-corrected chi connectivity index (χ4v) is 1.81. The van der Waals surface area contributed by atoms with Crippen molar-refractivity contribution >= 4 is 17.5 Å². The molecular weight excluding hydrogens is 268 g/mol. The van der Waals surface area contributed by atoms with Crippen LogP contribution >= 0.6 is 0 Å². The first kappa shape index (κ1) is 17.2. The van der Waals surface area contributed by atoms with Crippen LogP contribution < -0.4 is 10.6 Å². The molecular formula is C16H24N2O3. The van der Waals surface area contributed by atoms with Gasteiger partial charge >= 0.3 is 11.8 Å². The maximum absolute atomic E-state index is 11.7. The highest BCUT2D eigenvalue weighted by atomic mass is 16.3. The van der Waals surface area contributed by atoms with Crippen molar-refractivity contribution in [3.63, 3.8) is 0 Å². The van der Waals surface area contributed by atoms with Crippen LogP contribution in [0.3, 0.4) is 0 Å². The first-order valence-corrected chi connectivity index (χ1v) is 7.24. The molecule has 0 aromatic heterocycles. The number of carbonyl (C=O) groups excluding carboxylic acids is 2. The molecule has 1 atom stereocenters. The molecule has 0 fully saturated rings. The van der Waals surface area contributed by atoms with Crippen molar-refractivity contribution in [1.29, 1.82) is 0 Å². The fourth-order valence-electron chi connectivity index (χ4n) is 1.81. The second-order valence-corrected chi connectivity index (χ2v) is 5.56. The van der Waals surface area contributed by atoms with Gasteiger partial charge in [0.15, 0.2) is 0 Å². The lowest BCUT2D eigenvalue weighted by Gasteiger charge is -2.11. The molecule has 5 nitrogen and oxygen atoms in total. The van der Waals surface area contributed by atoms with Gasteiger partial charge in [-0.05, 0) is 36.0 Å². The fraction of sp³-hybridized carbons (Fsp3) is 0.500. The third kappa shape index (κ3) is 5.95. The molecule has 21 heavy (non-hydrogen) atoms. The highest BCUT2D eigenvalue weighted by Crippen LogP contribution is 2.16. The Labute approximate surface area is 125 Å². The van der Waals surface area contributed by atoms with E-state index in [0.717, 1.165) is 0 Å². The Kier molecular flexibility index (Phi) is 6.88. The van der Waals surface area contributed by atoms with Gasteiger partial charge in [-0.3, -0.25) is 9.59 Å². The normalized spacial score (nSPS) is 12.0. The predicted molar refractivity (Wildman–Crippen MR) is 83.0 cm³/mol. The SMILES string of the molecule is CC(CCO)CNC(=O)C(=O)Nc1ccc(C(C)C)cc1. The number of rotatable bonds is 6. The zero-order valence-corrected chi connectivity index (χ0v) is 12.8. The van der Waals surface area contributed by atoms with E-state index in [4.69, 9.17) is 5.11 Å². The number of hydrogen-bond donors (Lipinski definition) is 3. The zero-order chi connectivity index (χ0) is 15.8. The van der Waals surface area contributed by atoms with E-state index in [2.05, 4.69) is 24.5 Å². The molecule has 0 spiro atoms. The van der Waals surface area contributed by atoms with Crippen molar-refractivity contribution in [3.8, 4) is 0 Å². The summed E-state index contributed by atoms with van der Waals surface area (Å²) in [6.45, 7) is 6.53. The summed E-state index contributed by atoms with van der Waals surface area (Å²) >= 11 is 0. The van der Waals surface area contributed by atoms with Crippen molar-refractivity contribution in [3.05, 3.63) is 29.8 Å². The maximum Gasteiger partial charge on any atom is 0.313 e. The van der Waals surface area contributed by atoms with Crippen LogP contribution in [0.1, 0.15) is 38.7 Å². The first-order valence-electron chi connectivity index (χ1n) is 7.24. The van der Waals surface area contributed by atoms with Crippen molar-refractivity contribution in [2.45, 2.75) is 33.1 Å². The number of anilines is 1. The number of hydrogen-bond acceptors (Lipinski definition) is 3. The monoisotopic (exact) mass is 292 g/mol. The molecule has 0 bridgehead atoms. The molecule has 0 aliphatic rings. The van der Waals surface area contributed by atoms with Crippen molar-refractivity contribution in [2.75, 3.05) is 18.5 Å². The van der Waals surface area contributed by atoms with Crippen LogP contribution in [0.25, 0.3) is 0 Å². The molecule has 1 unspecified atom stereocenters. The molecule has 3 N–H and O–H groups in total. The molecule has 0 saturated carbocycles. The Morgan fingerprint density at radius 2 is 1.71 bits per heavy atom. The third-order valence-electron chi connectivity index (χ3n) is 3.27. The van der Waals surface area contributed by atoms with Gasteiger partial charge in [-0.25, -0.2) is 0 Å². The Bertz CT molecular complexity index is 469. The quantitative estimate of drug-likeness (QED) is 0.701. The summed E-state index contributed by atoms with van der Waals surface area (Å²) in [4.78, 5) is 23.4. The van der Waals surface area contributed by atoms with Crippen LogP contribution in [0, 0.1) is 5.92 Å². The molecule has 0 saturated heterocycles. The molecule has 0 aliphatic heterocycles. The number of amides is 2. The summed E-state index contributed by atoms with van der Waals surface area (Å²) in [5.74, 6) is -0.778.